The molecule has 0 spiro atoms. The van der Waals surface area contributed by atoms with Gasteiger partial charge in [-0.3, -0.25) is 9.36 Å². The van der Waals surface area contributed by atoms with E-state index in [-0.39, 0.29) is 18.3 Å². The molecule has 0 atom stereocenters. The van der Waals surface area contributed by atoms with Crippen LogP contribution >= 0.6 is 34.7 Å². The van der Waals surface area contributed by atoms with Gasteiger partial charge in [-0.15, -0.1) is 28.1 Å². The number of benzene rings is 2. The van der Waals surface area contributed by atoms with Crippen molar-refractivity contribution in [2.75, 3.05) is 11.1 Å². The van der Waals surface area contributed by atoms with E-state index >= 15 is 0 Å². The van der Waals surface area contributed by atoms with E-state index in [0.717, 1.165) is 11.3 Å². The third-order valence-corrected chi connectivity index (χ3v) is 7.22. The first-order valence-electron chi connectivity index (χ1n) is 10.8. The number of nitrogens with one attached hydrogen (secondary N) is 1. The Hall–Kier alpha value is -3.14. The highest BCUT2D eigenvalue weighted by Crippen LogP contribution is 2.27. The number of anilines is 1. The average molecular weight is 526 g/mol. The normalized spacial score (nSPS) is 10.8. The minimum atomic E-state index is -0.169. The van der Waals surface area contributed by atoms with Crippen LogP contribution in [0.1, 0.15) is 17.0 Å². The lowest BCUT2D eigenvalue weighted by Crippen LogP contribution is -2.15. The Morgan fingerprint density at radius 2 is 2.06 bits per heavy atom. The summed E-state index contributed by atoms with van der Waals surface area (Å²) < 4.78 is 7.66. The molecule has 0 aliphatic rings. The van der Waals surface area contributed by atoms with E-state index in [1.165, 1.54) is 34.2 Å². The zero-order valence-corrected chi connectivity index (χ0v) is 21.7. The van der Waals surface area contributed by atoms with Crippen LogP contribution in [0.4, 0.5) is 5.13 Å². The van der Waals surface area contributed by atoms with Gasteiger partial charge in [0.1, 0.15) is 12.4 Å². The van der Waals surface area contributed by atoms with E-state index in [1.54, 1.807) is 18.2 Å². The predicted molar refractivity (Wildman–Crippen MR) is 142 cm³/mol. The molecular weight excluding hydrogens is 502 g/mol. The molecule has 0 aliphatic heterocycles. The first-order valence-corrected chi connectivity index (χ1v) is 13.0. The molecule has 7 nitrogen and oxygen atoms in total. The van der Waals surface area contributed by atoms with Gasteiger partial charge < -0.3 is 10.1 Å². The molecule has 0 saturated heterocycles. The maximum atomic E-state index is 12.6. The maximum absolute atomic E-state index is 12.6. The Morgan fingerprint density at radius 3 is 2.83 bits per heavy atom. The van der Waals surface area contributed by atoms with Crippen molar-refractivity contribution in [1.29, 1.82) is 0 Å². The second kappa shape index (κ2) is 11.5. The van der Waals surface area contributed by atoms with Gasteiger partial charge in [0.25, 0.3) is 0 Å². The quantitative estimate of drug-likeness (QED) is 0.197. The van der Waals surface area contributed by atoms with Gasteiger partial charge in [0.05, 0.1) is 16.5 Å². The lowest BCUT2D eigenvalue weighted by Gasteiger charge is -2.10. The molecular formula is C25H24ClN5O2S2. The number of carbonyl (C=O) groups is 1. The molecule has 4 rings (SSSR count). The number of ether oxygens (including phenoxy) is 1. The van der Waals surface area contributed by atoms with Gasteiger partial charge in [0.15, 0.2) is 16.1 Å². The minimum Gasteiger partial charge on any atom is -0.484 e. The molecule has 0 bridgehead atoms. The Balaban J connectivity index is 1.36. The van der Waals surface area contributed by atoms with Crippen LogP contribution in [0.15, 0.2) is 65.7 Å². The van der Waals surface area contributed by atoms with Gasteiger partial charge in [-0.2, -0.15) is 0 Å². The number of hydrogen-bond acceptors (Lipinski definition) is 7. The predicted octanol–water partition coefficient (Wildman–Crippen LogP) is 6.17. The summed E-state index contributed by atoms with van der Waals surface area (Å²) in [6, 6.07) is 13.5. The van der Waals surface area contributed by atoms with Crippen LogP contribution in [0.3, 0.4) is 0 Å². The minimum absolute atomic E-state index is 0.166. The van der Waals surface area contributed by atoms with Gasteiger partial charge in [-0.25, -0.2) is 4.98 Å². The van der Waals surface area contributed by atoms with Crippen LogP contribution in [-0.2, 0) is 17.9 Å². The number of allylic oxidation sites excluding steroid dienone is 1. The number of amides is 1. The number of thioether (sulfide) groups is 1. The molecule has 35 heavy (non-hydrogen) atoms. The second-order valence-electron chi connectivity index (χ2n) is 7.69. The van der Waals surface area contributed by atoms with Crippen LogP contribution in [0.2, 0.25) is 5.02 Å². The first kappa shape index (κ1) is 25.0. The van der Waals surface area contributed by atoms with Crippen LogP contribution in [-0.4, -0.2) is 31.4 Å². The Bertz CT molecular complexity index is 1350. The highest BCUT2D eigenvalue weighted by molar-refractivity contribution is 7.99. The molecule has 2 heterocycles. The number of nitrogens with zero attached hydrogens (tertiary/aromatic N) is 4. The highest BCUT2D eigenvalue weighted by atomic mass is 35.5. The summed E-state index contributed by atoms with van der Waals surface area (Å²) in [7, 11) is 0. The number of halogens is 1. The Morgan fingerprint density at radius 1 is 1.23 bits per heavy atom. The third kappa shape index (κ3) is 6.30. The van der Waals surface area contributed by atoms with Crippen LogP contribution in [0.5, 0.6) is 5.75 Å². The highest BCUT2D eigenvalue weighted by Gasteiger charge is 2.16. The topological polar surface area (TPSA) is 81.9 Å². The van der Waals surface area contributed by atoms with Crippen molar-refractivity contribution in [2.45, 2.75) is 32.2 Å². The molecule has 0 radical (unpaired) electrons. The van der Waals surface area contributed by atoms with Gasteiger partial charge >= 0.3 is 0 Å². The molecule has 0 saturated carbocycles. The molecule has 1 N–H and O–H groups in total. The molecule has 1 amide bonds. The molecule has 10 heteroatoms. The zero-order valence-electron chi connectivity index (χ0n) is 19.3. The summed E-state index contributed by atoms with van der Waals surface area (Å²) >= 11 is 8.85. The lowest BCUT2D eigenvalue weighted by atomic mass is 10.1. The van der Waals surface area contributed by atoms with Gasteiger partial charge in [-0.1, -0.05) is 53.7 Å². The van der Waals surface area contributed by atoms with E-state index < -0.39 is 0 Å². The van der Waals surface area contributed by atoms with Crippen molar-refractivity contribution in [3.8, 4) is 17.0 Å². The first-order chi connectivity index (χ1) is 16.9. The van der Waals surface area contributed by atoms with E-state index in [4.69, 9.17) is 16.3 Å². The Labute approximate surface area is 217 Å². The van der Waals surface area contributed by atoms with E-state index in [2.05, 4.69) is 53.1 Å². The maximum Gasteiger partial charge on any atom is 0.236 e. The molecule has 180 valence electrons. The number of thiazole rings is 1. The fourth-order valence-electron chi connectivity index (χ4n) is 3.20. The molecule has 0 fully saturated rings. The van der Waals surface area contributed by atoms with Crippen molar-refractivity contribution in [3.05, 3.63) is 82.5 Å². The van der Waals surface area contributed by atoms with Crippen LogP contribution in [0.25, 0.3) is 11.3 Å². The fraction of sp³-hybridized carbons (Fsp3) is 0.200. The van der Waals surface area contributed by atoms with E-state index in [9.17, 15) is 4.79 Å². The summed E-state index contributed by atoms with van der Waals surface area (Å²) in [6.07, 6.45) is 1.75. The molecule has 0 unspecified atom stereocenters. The van der Waals surface area contributed by atoms with Crippen LogP contribution < -0.4 is 10.1 Å². The summed E-state index contributed by atoms with van der Waals surface area (Å²) in [4.78, 5) is 17.1. The molecule has 2 aromatic heterocycles. The smallest absolute Gasteiger partial charge is 0.236 e. The Kier molecular flexibility index (Phi) is 8.22. The van der Waals surface area contributed by atoms with E-state index in [0.29, 0.717) is 33.4 Å². The summed E-state index contributed by atoms with van der Waals surface area (Å²) in [5, 5.41) is 15.0. The number of carbonyl (C=O) groups excluding carboxylic acids is 1. The number of para-hydroxylation sites is 1. The summed E-state index contributed by atoms with van der Waals surface area (Å²) in [6.45, 7) is 8.64. The second-order valence-corrected chi connectivity index (χ2v) is 9.90. The zero-order chi connectivity index (χ0) is 24.8. The molecule has 0 aliphatic carbocycles. The van der Waals surface area contributed by atoms with Crippen molar-refractivity contribution in [2.24, 2.45) is 0 Å². The van der Waals surface area contributed by atoms with Gasteiger partial charge in [-0.05, 0) is 43.2 Å². The monoisotopic (exact) mass is 525 g/mol. The average Bonchev–Trinajstić information content (AvgIpc) is 3.46. The number of hydrogen-bond donors (Lipinski definition) is 1. The largest absolute Gasteiger partial charge is 0.484 e. The SMILES string of the molecule is C=CCn1c(COc2ccccc2Cl)nnc1SCC(=O)Nc1nc(-c2ccc(C)c(C)c2)cs1. The summed E-state index contributed by atoms with van der Waals surface area (Å²) in [5.74, 6) is 1.18. The van der Waals surface area contributed by atoms with Crippen molar-refractivity contribution >= 4 is 45.7 Å². The van der Waals surface area contributed by atoms with Gasteiger partial charge in [0, 0.05) is 17.5 Å². The number of aryl methyl sites for hydroxylation is 2. The van der Waals surface area contributed by atoms with Gasteiger partial charge in [0.2, 0.25) is 5.91 Å². The van der Waals surface area contributed by atoms with Crippen LogP contribution in [0, 0.1) is 13.8 Å². The summed E-state index contributed by atoms with van der Waals surface area (Å²) in [5.41, 5.74) is 4.31. The standard InChI is InChI=1S/C25H24ClN5O2S2/c1-4-11-31-22(13-33-21-8-6-5-7-19(21)26)29-30-25(31)35-15-23(32)28-24-27-20(14-34-24)18-10-9-16(2)17(3)12-18/h4-10,12,14H,1,11,13,15H2,2-3H3,(H,27,28,32). The molecule has 2 aromatic carbocycles. The van der Waals surface area contributed by atoms with Crippen molar-refractivity contribution in [1.82, 2.24) is 19.7 Å². The fourth-order valence-corrected chi connectivity index (χ4v) is 4.89. The molecule has 4 aromatic rings. The van der Waals surface area contributed by atoms with Crippen molar-refractivity contribution in [3.63, 3.8) is 0 Å². The van der Waals surface area contributed by atoms with E-state index in [1.807, 2.05) is 28.1 Å². The number of rotatable bonds is 10. The third-order valence-electron chi connectivity index (χ3n) is 5.18. The lowest BCUT2D eigenvalue weighted by molar-refractivity contribution is -0.113. The van der Waals surface area contributed by atoms with Crippen molar-refractivity contribution < 1.29 is 9.53 Å². The number of aromatic nitrogens is 4.